The summed E-state index contributed by atoms with van der Waals surface area (Å²) in [6.45, 7) is 8.24. The SMILES string of the molecule is CC.CC.CN(CCC(=O)Nc1ccc2c(c1)C(CO)c1ccccc1-2)C(=O)/C=C\C=O. The maximum absolute atomic E-state index is 12.3. The van der Waals surface area contributed by atoms with Gasteiger partial charge in [-0.05, 0) is 40.5 Å². The van der Waals surface area contributed by atoms with Crippen molar-refractivity contribution in [2.75, 3.05) is 25.5 Å². The van der Waals surface area contributed by atoms with E-state index in [9.17, 15) is 19.5 Å². The molecule has 6 heteroatoms. The van der Waals surface area contributed by atoms with Crippen molar-refractivity contribution in [1.82, 2.24) is 4.90 Å². The van der Waals surface area contributed by atoms with E-state index in [-0.39, 0.29) is 37.3 Å². The summed E-state index contributed by atoms with van der Waals surface area (Å²) in [4.78, 5) is 35.6. The quantitative estimate of drug-likeness (QED) is 0.496. The minimum atomic E-state index is -0.332. The molecule has 6 nitrogen and oxygen atoms in total. The lowest BCUT2D eigenvalue weighted by atomic mass is 9.98. The number of benzene rings is 2. The van der Waals surface area contributed by atoms with Gasteiger partial charge in [-0.2, -0.15) is 0 Å². The molecule has 2 aromatic carbocycles. The van der Waals surface area contributed by atoms with Gasteiger partial charge in [0, 0.05) is 37.7 Å². The van der Waals surface area contributed by atoms with Crippen LogP contribution in [0.5, 0.6) is 0 Å². The second-order valence-corrected chi connectivity index (χ2v) is 6.68. The number of rotatable bonds is 7. The van der Waals surface area contributed by atoms with Gasteiger partial charge < -0.3 is 15.3 Å². The molecule has 0 saturated heterocycles. The molecule has 0 fully saturated rings. The minimum absolute atomic E-state index is 0.00260. The van der Waals surface area contributed by atoms with Crippen molar-refractivity contribution in [3.63, 3.8) is 0 Å². The summed E-state index contributed by atoms with van der Waals surface area (Å²) < 4.78 is 0. The fourth-order valence-corrected chi connectivity index (χ4v) is 3.44. The third kappa shape index (κ3) is 6.62. The van der Waals surface area contributed by atoms with Crippen molar-refractivity contribution < 1.29 is 19.5 Å². The normalized spacial score (nSPS) is 13.0. The van der Waals surface area contributed by atoms with Crippen molar-refractivity contribution >= 4 is 23.8 Å². The Hall–Kier alpha value is -3.25. The molecule has 0 radical (unpaired) electrons. The Morgan fingerprint density at radius 1 is 1.03 bits per heavy atom. The van der Waals surface area contributed by atoms with Gasteiger partial charge in [-0.3, -0.25) is 14.4 Å². The van der Waals surface area contributed by atoms with Gasteiger partial charge in [0.2, 0.25) is 11.8 Å². The van der Waals surface area contributed by atoms with E-state index in [4.69, 9.17) is 0 Å². The van der Waals surface area contributed by atoms with Crippen LogP contribution in [0.2, 0.25) is 0 Å². The highest BCUT2D eigenvalue weighted by Gasteiger charge is 2.28. The number of fused-ring (bicyclic) bond motifs is 3. The van der Waals surface area contributed by atoms with Crippen molar-refractivity contribution in [2.45, 2.75) is 40.0 Å². The molecule has 0 aromatic heterocycles. The molecular formula is C26H34N2O4. The molecule has 0 saturated carbocycles. The van der Waals surface area contributed by atoms with E-state index < -0.39 is 0 Å². The fourth-order valence-electron chi connectivity index (χ4n) is 3.44. The first kappa shape index (κ1) is 26.8. The van der Waals surface area contributed by atoms with Gasteiger partial charge in [0.1, 0.15) is 6.29 Å². The summed E-state index contributed by atoms with van der Waals surface area (Å²) >= 11 is 0. The number of carbonyl (C=O) groups is 3. The van der Waals surface area contributed by atoms with Crippen LogP contribution in [0.25, 0.3) is 11.1 Å². The lowest BCUT2D eigenvalue weighted by Gasteiger charge is -2.15. The number of amides is 2. The van der Waals surface area contributed by atoms with Crippen LogP contribution in [0.3, 0.4) is 0 Å². The predicted molar refractivity (Wildman–Crippen MR) is 130 cm³/mol. The van der Waals surface area contributed by atoms with Crippen LogP contribution < -0.4 is 5.32 Å². The van der Waals surface area contributed by atoms with Gasteiger partial charge in [-0.25, -0.2) is 0 Å². The molecule has 172 valence electrons. The van der Waals surface area contributed by atoms with Crippen LogP contribution in [0.4, 0.5) is 5.69 Å². The molecule has 3 rings (SSSR count). The van der Waals surface area contributed by atoms with Crippen LogP contribution in [0, 0.1) is 0 Å². The molecular weight excluding hydrogens is 404 g/mol. The number of hydrogen-bond acceptors (Lipinski definition) is 4. The molecule has 1 atom stereocenters. The highest BCUT2D eigenvalue weighted by molar-refractivity contribution is 5.93. The highest BCUT2D eigenvalue weighted by Crippen LogP contribution is 2.45. The molecule has 2 aromatic rings. The molecule has 1 aliphatic carbocycles. The standard InChI is InChI=1S/C22H22N2O4.2C2H6/c1-24(22(28)7-4-12-25)11-10-21(27)23-15-8-9-18-16-5-2-3-6-17(16)20(14-26)19(18)13-15;2*1-2/h2-9,12-13,20,26H,10-11,14H2,1H3,(H,23,27);2*1-2H3/b7-4-;;. The molecule has 32 heavy (non-hydrogen) atoms. The molecule has 2 amide bonds. The number of aliphatic hydroxyl groups is 1. The summed E-state index contributed by atoms with van der Waals surface area (Å²) in [5.41, 5.74) is 4.92. The Balaban J connectivity index is 0.00000121. The molecule has 1 aliphatic rings. The number of nitrogens with zero attached hydrogens (tertiary/aromatic N) is 1. The number of carbonyl (C=O) groups excluding carboxylic acids is 3. The number of aldehydes is 1. The van der Waals surface area contributed by atoms with Gasteiger partial charge in [0.25, 0.3) is 0 Å². The van der Waals surface area contributed by atoms with Crippen LogP contribution >= 0.6 is 0 Å². The average molecular weight is 439 g/mol. The number of aliphatic hydroxyl groups excluding tert-OH is 1. The van der Waals surface area contributed by atoms with Crippen LogP contribution in [0.1, 0.15) is 51.2 Å². The maximum Gasteiger partial charge on any atom is 0.246 e. The summed E-state index contributed by atoms with van der Waals surface area (Å²) in [5, 5.41) is 12.7. The van der Waals surface area contributed by atoms with Gasteiger partial charge in [0.15, 0.2) is 0 Å². The molecule has 0 spiro atoms. The van der Waals surface area contributed by atoms with E-state index >= 15 is 0 Å². The monoisotopic (exact) mass is 438 g/mol. The van der Waals surface area contributed by atoms with Crippen LogP contribution in [-0.4, -0.2) is 48.3 Å². The first-order chi connectivity index (χ1) is 15.5. The van der Waals surface area contributed by atoms with Gasteiger partial charge in [-0.1, -0.05) is 58.0 Å². The predicted octanol–water partition coefficient (Wildman–Crippen LogP) is 4.39. The number of likely N-dealkylation sites (N-methyl/N-ethyl adjacent to an activating group) is 1. The van der Waals surface area contributed by atoms with Crippen LogP contribution in [-0.2, 0) is 14.4 Å². The Morgan fingerprint density at radius 2 is 1.69 bits per heavy atom. The van der Waals surface area contributed by atoms with E-state index in [1.165, 1.54) is 4.90 Å². The second-order valence-electron chi connectivity index (χ2n) is 6.68. The number of hydrogen-bond donors (Lipinski definition) is 2. The van der Waals surface area contributed by atoms with E-state index in [2.05, 4.69) is 5.32 Å². The topological polar surface area (TPSA) is 86.7 Å². The number of allylic oxidation sites excluding steroid dienone is 1. The summed E-state index contributed by atoms with van der Waals surface area (Å²) in [7, 11) is 1.57. The highest BCUT2D eigenvalue weighted by atomic mass is 16.3. The summed E-state index contributed by atoms with van der Waals surface area (Å²) in [6.07, 6.45) is 2.96. The smallest absolute Gasteiger partial charge is 0.246 e. The lowest BCUT2D eigenvalue weighted by Crippen LogP contribution is -2.28. The van der Waals surface area contributed by atoms with E-state index in [1.54, 1.807) is 7.05 Å². The van der Waals surface area contributed by atoms with Crippen molar-refractivity contribution in [3.05, 3.63) is 65.7 Å². The van der Waals surface area contributed by atoms with Gasteiger partial charge in [-0.15, -0.1) is 0 Å². The fraction of sp³-hybridized carbons (Fsp3) is 0.346. The third-order valence-electron chi connectivity index (χ3n) is 4.89. The Morgan fingerprint density at radius 3 is 2.34 bits per heavy atom. The molecule has 0 heterocycles. The van der Waals surface area contributed by atoms with E-state index in [0.29, 0.717) is 12.0 Å². The molecule has 2 N–H and O–H groups in total. The minimum Gasteiger partial charge on any atom is -0.395 e. The van der Waals surface area contributed by atoms with Crippen molar-refractivity contribution in [2.24, 2.45) is 0 Å². The van der Waals surface area contributed by atoms with Gasteiger partial charge >= 0.3 is 0 Å². The van der Waals surface area contributed by atoms with Gasteiger partial charge in [0.05, 0.1) is 6.61 Å². The zero-order chi connectivity index (χ0) is 24.1. The lowest BCUT2D eigenvalue weighted by molar-refractivity contribution is -0.125. The number of nitrogens with one attached hydrogen (secondary N) is 1. The average Bonchev–Trinajstić information content (AvgIpc) is 3.16. The Labute approximate surface area is 191 Å². The first-order valence-electron chi connectivity index (χ1n) is 11.1. The molecule has 0 bridgehead atoms. The van der Waals surface area contributed by atoms with Crippen molar-refractivity contribution in [3.8, 4) is 11.1 Å². The second kappa shape index (κ2) is 13.9. The zero-order valence-electron chi connectivity index (χ0n) is 19.6. The van der Waals surface area contributed by atoms with Crippen molar-refractivity contribution in [1.29, 1.82) is 0 Å². The Bertz CT molecular complexity index is 937. The Kier molecular flexibility index (Phi) is 11.7. The largest absolute Gasteiger partial charge is 0.395 e. The van der Waals surface area contributed by atoms with Crippen LogP contribution in [0.15, 0.2) is 54.6 Å². The number of anilines is 1. The summed E-state index contributed by atoms with van der Waals surface area (Å²) in [5.74, 6) is -0.646. The third-order valence-corrected chi connectivity index (χ3v) is 4.89. The summed E-state index contributed by atoms with van der Waals surface area (Å²) in [6, 6.07) is 13.7. The zero-order valence-corrected chi connectivity index (χ0v) is 19.6. The molecule has 0 aliphatic heterocycles. The van der Waals surface area contributed by atoms with E-state index in [0.717, 1.165) is 34.4 Å². The van der Waals surface area contributed by atoms with E-state index in [1.807, 2.05) is 70.2 Å². The molecule has 1 unspecified atom stereocenters. The maximum atomic E-state index is 12.3. The first-order valence-corrected chi connectivity index (χ1v) is 11.1.